The van der Waals surface area contributed by atoms with Crippen molar-refractivity contribution in [2.24, 2.45) is 0 Å². The number of amides is 1. The number of unbranched alkanes of at least 4 members (excludes halogenated alkanes) is 1. The molecule has 1 aromatic heterocycles. The van der Waals surface area contributed by atoms with Gasteiger partial charge in [-0.3, -0.25) is 9.78 Å². The molecule has 1 amide bonds. The molecule has 1 N–H and O–H groups in total. The molecule has 1 aromatic carbocycles. The van der Waals surface area contributed by atoms with E-state index < -0.39 is 0 Å². The number of nitrogens with zero attached hydrogens (tertiary/aromatic N) is 1. The third kappa shape index (κ3) is 3.20. The highest BCUT2D eigenvalue weighted by Gasteiger charge is 2.05. The number of rotatable bonds is 5. The summed E-state index contributed by atoms with van der Waals surface area (Å²) in [6, 6.07) is 9.54. The summed E-state index contributed by atoms with van der Waals surface area (Å²) in [7, 11) is 0. The Morgan fingerprint density at radius 1 is 1.22 bits per heavy atom. The molecule has 2 aromatic rings. The second-order valence-corrected chi connectivity index (χ2v) is 4.45. The quantitative estimate of drug-likeness (QED) is 0.661. The zero-order valence-electron chi connectivity index (χ0n) is 10.0. The molecule has 0 aliphatic heterocycles. The van der Waals surface area contributed by atoms with Gasteiger partial charge in [0.1, 0.15) is 0 Å². The number of hydrogen-bond acceptors (Lipinski definition) is 2. The zero-order chi connectivity index (χ0) is 12.8. The minimum Gasteiger partial charge on any atom is -0.325 e. The fourth-order valence-corrected chi connectivity index (χ4v) is 1.99. The molecule has 0 saturated heterocycles. The van der Waals surface area contributed by atoms with Gasteiger partial charge in [0.05, 0.1) is 11.2 Å². The summed E-state index contributed by atoms with van der Waals surface area (Å²) in [5.74, 6) is 0.627. The van der Waals surface area contributed by atoms with Crippen LogP contribution in [-0.4, -0.2) is 16.8 Å². The number of alkyl halides is 1. The van der Waals surface area contributed by atoms with E-state index in [0.717, 1.165) is 29.4 Å². The maximum atomic E-state index is 11.8. The smallest absolute Gasteiger partial charge is 0.224 e. The molecule has 0 aliphatic carbocycles. The fourth-order valence-electron chi connectivity index (χ4n) is 1.81. The Hall–Kier alpha value is -1.61. The number of carbonyl (C=O) groups is 1. The summed E-state index contributed by atoms with van der Waals surface area (Å²) in [5.41, 5.74) is 1.70. The summed E-state index contributed by atoms with van der Waals surface area (Å²) in [4.78, 5) is 16.0. The minimum absolute atomic E-state index is 0.0245. The highest BCUT2D eigenvalue weighted by atomic mass is 35.5. The van der Waals surface area contributed by atoms with Crippen LogP contribution in [0.5, 0.6) is 0 Å². The summed E-state index contributed by atoms with van der Waals surface area (Å²) in [6.45, 7) is 0. The number of aromatic nitrogens is 1. The molecule has 3 nitrogen and oxygen atoms in total. The van der Waals surface area contributed by atoms with E-state index in [9.17, 15) is 4.79 Å². The second kappa shape index (κ2) is 6.36. The predicted octanol–water partition coefficient (Wildman–Crippen LogP) is 3.58. The molecule has 0 atom stereocenters. The summed E-state index contributed by atoms with van der Waals surface area (Å²) in [6.07, 6.45) is 3.93. The largest absolute Gasteiger partial charge is 0.325 e. The van der Waals surface area contributed by atoms with Gasteiger partial charge in [-0.05, 0) is 37.1 Å². The van der Waals surface area contributed by atoms with Gasteiger partial charge < -0.3 is 5.32 Å². The second-order valence-electron chi connectivity index (χ2n) is 4.07. The number of pyridine rings is 1. The van der Waals surface area contributed by atoms with Crippen LogP contribution in [0.15, 0.2) is 36.5 Å². The lowest BCUT2D eigenvalue weighted by atomic mass is 10.1. The molecule has 0 fully saturated rings. The summed E-state index contributed by atoms with van der Waals surface area (Å²) < 4.78 is 0. The Balaban J connectivity index is 2.09. The van der Waals surface area contributed by atoms with Gasteiger partial charge in [-0.15, -0.1) is 11.6 Å². The lowest BCUT2D eigenvalue weighted by Gasteiger charge is -2.07. The van der Waals surface area contributed by atoms with E-state index in [1.807, 2.05) is 30.3 Å². The van der Waals surface area contributed by atoms with Crippen LogP contribution in [0.1, 0.15) is 19.3 Å². The first-order chi connectivity index (χ1) is 8.81. The lowest BCUT2D eigenvalue weighted by Crippen LogP contribution is -2.11. The Morgan fingerprint density at radius 2 is 2.11 bits per heavy atom. The van der Waals surface area contributed by atoms with E-state index >= 15 is 0 Å². The van der Waals surface area contributed by atoms with Gasteiger partial charge in [-0.25, -0.2) is 0 Å². The van der Waals surface area contributed by atoms with Crippen LogP contribution in [0.2, 0.25) is 0 Å². The van der Waals surface area contributed by atoms with Gasteiger partial charge in [0, 0.05) is 23.9 Å². The van der Waals surface area contributed by atoms with Crippen molar-refractivity contribution in [2.75, 3.05) is 11.2 Å². The summed E-state index contributed by atoms with van der Waals surface area (Å²) >= 11 is 5.58. The Bertz CT molecular complexity index is 537. The lowest BCUT2D eigenvalue weighted by molar-refractivity contribution is -0.116. The maximum absolute atomic E-state index is 11.8. The molecule has 94 valence electrons. The standard InChI is InChI=1S/C14H15ClN2O/c15-9-2-1-8-14(18)17-13-7-3-6-12-11(13)5-4-10-16-12/h3-7,10H,1-2,8-9H2,(H,17,18). The molecular formula is C14H15ClN2O. The first-order valence-corrected chi connectivity index (χ1v) is 6.54. The predicted molar refractivity (Wildman–Crippen MR) is 74.9 cm³/mol. The highest BCUT2D eigenvalue weighted by Crippen LogP contribution is 2.21. The highest BCUT2D eigenvalue weighted by molar-refractivity contribution is 6.17. The zero-order valence-corrected chi connectivity index (χ0v) is 10.8. The molecule has 18 heavy (non-hydrogen) atoms. The average Bonchev–Trinajstić information content (AvgIpc) is 2.39. The Morgan fingerprint density at radius 3 is 2.94 bits per heavy atom. The SMILES string of the molecule is O=C(CCCCCl)Nc1cccc2ncccc12. The van der Waals surface area contributed by atoms with Crippen LogP contribution >= 0.6 is 11.6 Å². The maximum Gasteiger partial charge on any atom is 0.224 e. The normalized spacial score (nSPS) is 10.5. The van der Waals surface area contributed by atoms with E-state index in [1.165, 1.54) is 0 Å². The van der Waals surface area contributed by atoms with Crippen molar-refractivity contribution in [3.8, 4) is 0 Å². The average molecular weight is 263 g/mol. The first kappa shape index (κ1) is 12.8. The van der Waals surface area contributed by atoms with Crippen molar-refractivity contribution in [1.82, 2.24) is 4.98 Å². The number of fused-ring (bicyclic) bond motifs is 1. The number of benzene rings is 1. The molecule has 0 saturated carbocycles. The van der Waals surface area contributed by atoms with Gasteiger partial charge in [-0.1, -0.05) is 6.07 Å². The number of hydrogen-bond donors (Lipinski definition) is 1. The van der Waals surface area contributed by atoms with Gasteiger partial charge in [0.25, 0.3) is 0 Å². The summed E-state index contributed by atoms with van der Waals surface area (Å²) in [5, 5.41) is 3.89. The molecule has 0 radical (unpaired) electrons. The van der Waals surface area contributed by atoms with Crippen LogP contribution in [0.3, 0.4) is 0 Å². The van der Waals surface area contributed by atoms with Crippen molar-refractivity contribution in [3.63, 3.8) is 0 Å². The molecule has 0 spiro atoms. The first-order valence-electron chi connectivity index (χ1n) is 6.01. The molecular weight excluding hydrogens is 248 g/mol. The number of halogens is 1. The third-order valence-corrected chi connectivity index (χ3v) is 2.97. The Labute approximate surface area is 111 Å². The van der Waals surface area contributed by atoms with Crippen molar-refractivity contribution in [2.45, 2.75) is 19.3 Å². The third-order valence-electron chi connectivity index (χ3n) is 2.71. The van der Waals surface area contributed by atoms with E-state index in [2.05, 4.69) is 10.3 Å². The Kier molecular flexibility index (Phi) is 4.53. The van der Waals surface area contributed by atoms with Gasteiger partial charge in [0.2, 0.25) is 5.91 Å². The van der Waals surface area contributed by atoms with Gasteiger partial charge in [0.15, 0.2) is 0 Å². The van der Waals surface area contributed by atoms with Crippen LogP contribution in [0, 0.1) is 0 Å². The minimum atomic E-state index is 0.0245. The fraction of sp³-hybridized carbons (Fsp3) is 0.286. The van der Waals surface area contributed by atoms with Gasteiger partial charge >= 0.3 is 0 Å². The van der Waals surface area contributed by atoms with Gasteiger partial charge in [-0.2, -0.15) is 0 Å². The van der Waals surface area contributed by atoms with Crippen LogP contribution in [0.4, 0.5) is 5.69 Å². The van der Waals surface area contributed by atoms with Crippen LogP contribution in [-0.2, 0) is 4.79 Å². The van der Waals surface area contributed by atoms with E-state index in [0.29, 0.717) is 12.3 Å². The monoisotopic (exact) mass is 262 g/mol. The van der Waals surface area contributed by atoms with E-state index in [-0.39, 0.29) is 5.91 Å². The number of anilines is 1. The van der Waals surface area contributed by atoms with Crippen molar-refractivity contribution in [3.05, 3.63) is 36.5 Å². The topological polar surface area (TPSA) is 42.0 Å². The van der Waals surface area contributed by atoms with Crippen molar-refractivity contribution < 1.29 is 4.79 Å². The molecule has 4 heteroatoms. The van der Waals surface area contributed by atoms with Crippen molar-refractivity contribution >= 4 is 34.1 Å². The number of carbonyl (C=O) groups excluding carboxylic acids is 1. The molecule has 0 unspecified atom stereocenters. The molecule has 0 bridgehead atoms. The van der Waals surface area contributed by atoms with Crippen LogP contribution < -0.4 is 5.32 Å². The van der Waals surface area contributed by atoms with Crippen LogP contribution in [0.25, 0.3) is 10.9 Å². The molecule has 2 rings (SSSR count). The van der Waals surface area contributed by atoms with E-state index in [1.54, 1.807) is 6.20 Å². The van der Waals surface area contributed by atoms with Crippen molar-refractivity contribution in [1.29, 1.82) is 0 Å². The molecule has 1 heterocycles. The van der Waals surface area contributed by atoms with E-state index in [4.69, 9.17) is 11.6 Å². The number of nitrogens with one attached hydrogen (secondary N) is 1. The molecule has 0 aliphatic rings.